The topological polar surface area (TPSA) is 67.2 Å². The van der Waals surface area contributed by atoms with E-state index in [4.69, 9.17) is 5.11 Å². The summed E-state index contributed by atoms with van der Waals surface area (Å²) in [6.07, 6.45) is 0. The van der Waals surface area contributed by atoms with Crippen LogP contribution in [0.2, 0.25) is 0 Å². The van der Waals surface area contributed by atoms with E-state index in [2.05, 4.69) is 10.4 Å². The van der Waals surface area contributed by atoms with Crippen LogP contribution in [0.5, 0.6) is 0 Å². The van der Waals surface area contributed by atoms with Crippen molar-refractivity contribution >= 4 is 5.97 Å². The van der Waals surface area contributed by atoms with Gasteiger partial charge in [0.25, 0.3) is 0 Å². The molecule has 0 spiro atoms. The van der Waals surface area contributed by atoms with Gasteiger partial charge in [-0.15, -0.1) is 0 Å². The zero-order valence-corrected chi connectivity index (χ0v) is 7.03. The van der Waals surface area contributed by atoms with E-state index in [1.807, 2.05) is 0 Å². The van der Waals surface area contributed by atoms with E-state index in [1.54, 1.807) is 24.8 Å². The van der Waals surface area contributed by atoms with Crippen LogP contribution >= 0.6 is 0 Å². The molecule has 12 heavy (non-hydrogen) atoms. The molecular formula is C7H11N3O2. The van der Waals surface area contributed by atoms with Crippen molar-refractivity contribution in [2.45, 2.75) is 6.54 Å². The Morgan fingerprint density at radius 3 is 2.92 bits per heavy atom. The Balaban J connectivity index is 2.92. The highest BCUT2D eigenvalue weighted by atomic mass is 16.4. The fourth-order valence-corrected chi connectivity index (χ4v) is 0.957. The van der Waals surface area contributed by atoms with Crippen molar-refractivity contribution in [1.29, 1.82) is 0 Å². The van der Waals surface area contributed by atoms with Gasteiger partial charge in [-0.2, -0.15) is 5.10 Å². The standard InChI is InChI=1S/C7H11N3O2/c1-8-4-5-3-6(7(11)12)9-10(5)2/h3,8H,4H2,1-2H3,(H,11,12). The van der Waals surface area contributed by atoms with Gasteiger partial charge in [0.1, 0.15) is 0 Å². The lowest BCUT2D eigenvalue weighted by molar-refractivity contribution is 0.0689. The van der Waals surface area contributed by atoms with Crippen LogP contribution < -0.4 is 5.32 Å². The molecule has 0 fully saturated rings. The lowest BCUT2D eigenvalue weighted by atomic mass is 10.3. The van der Waals surface area contributed by atoms with Crippen LogP contribution in [0.1, 0.15) is 16.2 Å². The van der Waals surface area contributed by atoms with E-state index in [0.717, 1.165) is 5.69 Å². The minimum Gasteiger partial charge on any atom is -0.476 e. The number of carbonyl (C=O) groups is 1. The van der Waals surface area contributed by atoms with Crippen molar-refractivity contribution in [3.63, 3.8) is 0 Å². The van der Waals surface area contributed by atoms with E-state index in [9.17, 15) is 4.79 Å². The fraction of sp³-hybridized carbons (Fsp3) is 0.429. The van der Waals surface area contributed by atoms with Crippen molar-refractivity contribution < 1.29 is 9.90 Å². The molecule has 1 heterocycles. The Kier molecular flexibility index (Phi) is 2.44. The molecule has 0 aliphatic carbocycles. The van der Waals surface area contributed by atoms with Crippen molar-refractivity contribution in [2.24, 2.45) is 7.05 Å². The summed E-state index contributed by atoms with van der Waals surface area (Å²) >= 11 is 0. The average molecular weight is 169 g/mol. The minimum atomic E-state index is -0.993. The molecule has 0 saturated heterocycles. The molecule has 5 heteroatoms. The maximum Gasteiger partial charge on any atom is 0.356 e. The predicted octanol–water partition coefficient (Wildman–Crippen LogP) is -0.162. The van der Waals surface area contributed by atoms with Crippen LogP contribution in [0.3, 0.4) is 0 Å². The normalized spacial score (nSPS) is 10.2. The molecule has 0 aliphatic heterocycles. The Morgan fingerprint density at radius 1 is 1.83 bits per heavy atom. The number of nitrogens with one attached hydrogen (secondary N) is 1. The van der Waals surface area contributed by atoms with Gasteiger partial charge in [0, 0.05) is 13.6 Å². The van der Waals surface area contributed by atoms with Gasteiger partial charge in [-0.25, -0.2) is 4.79 Å². The Labute approximate surface area is 70.0 Å². The predicted molar refractivity (Wildman–Crippen MR) is 42.9 cm³/mol. The smallest absolute Gasteiger partial charge is 0.356 e. The monoisotopic (exact) mass is 169 g/mol. The average Bonchev–Trinajstić information content (AvgIpc) is 2.34. The summed E-state index contributed by atoms with van der Waals surface area (Å²) in [6.45, 7) is 0.622. The van der Waals surface area contributed by atoms with E-state index in [0.29, 0.717) is 6.54 Å². The molecule has 0 saturated carbocycles. The summed E-state index contributed by atoms with van der Waals surface area (Å²) in [5, 5.41) is 15.3. The van der Waals surface area contributed by atoms with Gasteiger partial charge < -0.3 is 10.4 Å². The minimum absolute atomic E-state index is 0.0859. The van der Waals surface area contributed by atoms with Crippen LogP contribution in [0.15, 0.2) is 6.07 Å². The van der Waals surface area contributed by atoms with Crippen molar-refractivity contribution in [2.75, 3.05) is 7.05 Å². The summed E-state index contributed by atoms with van der Waals surface area (Å²) in [7, 11) is 3.52. The fourth-order valence-electron chi connectivity index (χ4n) is 0.957. The molecular weight excluding hydrogens is 158 g/mol. The molecule has 0 radical (unpaired) electrons. The van der Waals surface area contributed by atoms with Gasteiger partial charge >= 0.3 is 5.97 Å². The quantitative estimate of drug-likeness (QED) is 0.659. The van der Waals surface area contributed by atoms with Crippen molar-refractivity contribution in [3.05, 3.63) is 17.5 Å². The number of carboxylic acids is 1. The van der Waals surface area contributed by atoms with Gasteiger partial charge in [0.15, 0.2) is 5.69 Å². The van der Waals surface area contributed by atoms with Crippen LogP contribution in [0.4, 0.5) is 0 Å². The maximum absolute atomic E-state index is 10.5. The highest BCUT2D eigenvalue weighted by molar-refractivity contribution is 5.85. The van der Waals surface area contributed by atoms with Gasteiger partial charge in [0.2, 0.25) is 0 Å². The molecule has 0 atom stereocenters. The first-order valence-corrected chi connectivity index (χ1v) is 3.56. The molecule has 0 aliphatic rings. The van der Waals surface area contributed by atoms with E-state index in [-0.39, 0.29) is 5.69 Å². The summed E-state index contributed by atoms with van der Waals surface area (Å²) in [6, 6.07) is 1.55. The highest BCUT2D eigenvalue weighted by Gasteiger charge is 2.09. The number of aromatic nitrogens is 2. The van der Waals surface area contributed by atoms with Gasteiger partial charge in [-0.1, -0.05) is 0 Å². The van der Waals surface area contributed by atoms with Gasteiger partial charge in [-0.3, -0.25) is 4.68 Å². The largest absolute Gasteiger partial charge is 0.476 e. The molecule has 0 unspecified atom stereocenters. The maximum atomic E-state index is 10.5. The highest BCUT2D eigenvalue weighted by Crippen LogP contribution is 2.01. The SMILES string of the molecule is CNCc1cc(C(=O)O)nn1C. The first-order chi connectivity index (χ1) is 5.65. The number of aryl methyl sites for hydroxylation is 1. The van der Waals surface area contributed by atoms with Gasteiger partial charge in [-0.05, 0) is 13.1 Å². The molecule has 1 rings (SSSR count). The summed E-state index contributed by atoms with van der Waals surface area (Å²) in [4.78, 5) is 10.5. The first kappa shape index (κ1) is 8.73. The lowest BCUT2D eigenvalue weighted by Crippen LogP contribution is -2.09. The number of hydrogen-bond donors (Lipinski definition) is 2. The number of hydrogen-bond acceptors (Lipinski definition) is 3. The first-order valence-electron chi connectivity index (χ1n) is 3.56. The van der Waals surface area contributed by atoms with Crippen LogP contribution in [0.25, 0.3) is 0 Å². The Hall–Kier alpha value is -1.36. The van der Waals surface area contributed by atoms with E-state index < -0.39 is 5.97 Å². The number of rotatable bonds is 3. The molecule has 5 nitrogen and oxygen atoms in total. The molecule has 0 bridgehead atoms. The number of nitrogens with zero attached hydrogens (tertiary/aromatic N) is 2. The molecule has 0 amide bonds. The van der Waals surface area contributed by atoms with Crippen molar-refractivity contribution in [1.82, 2.24) is 15.1 Å². The van der Waals surface area contributed by atoms with E-state index >= 15 is 0 Å². The zero-order valence-electron chi connectivity index (χ0n) is 7.03. The second-order valence-electron chi connectivity index (χ2n) is 2.48. The number of carboxylic acid groups (broad SMARTS) is 1. The van der Waals surface area contributed by atoms with Crippen LogP contribution in [-0.2, 0) is 13.6 Å². The zero-order chi connectivity index (χ0) is 9.14. The second-order valence-corrected chi connectivity index (χ2v) is 2.48. The summed E-state index contributed by atoms with van der Waals surface area (Å²) < 4.78 is 1.56. The molecule has 0 aromatic carbocycles. The van der Waals surface area contributed by atoms with Gasteiger partial charge in [0.05, 0.1) is 5.69 Å². The third-order valence-corrected chi connectivity index (χ3v) is 1.55. The van der Waals surface area contributed by atoms with Crippen LogP contribution in [-0.4, -0.2) is 27.9 Å². The Bertz CT molecular complexity index is 293. The molecule has 1 aromatic heterocycles. The third-order valence-electron chi connectivity index (χ3n) is 1.55. The second kappa shape index (κ2) is 3.36. The van der Waals surface area contributed by atoms with E-state index in [1.165, 1.54) is 0 Å². The lowest BCUT2D eigenvalue weighted by Gasteiger charge is -1.97. The molecule has 2 N–H and O–H groups in total. The third kappa shape index (κ3) is 1.62. The van der Waals surface area contributed by atoms with Crippen LogP contribution in [0, 0.1) is 0 Å². The molecule has 66 valence electrons. The van der Waals surface area contributed by atoms with Crippen molar-refractivity contribution in [3.8, 4) is 0 Å². The molecule has 1 aromatic rings. The summed E-state index contributed by atoms with van der Waals surface area (Å²) in [5.41, 5.74) is 0.942. The Morgan fingerprint density at radius 2 is 2.50 bits per heavy atom. The summed E-state index contributed by atoms with van der Waals surface area (Å²) in [5.74, 6) is -0.993. The number of aromatic carboxylic acids is 1.